The molecule has 0 spiro atoms. The number of nitrogens with zero attached hydrogens (tertiary/aromatic N) is 2. The number of likely N-dealkylation sites (tertiary alicyclic amines) is 1. The Balaban J connectivity index is 1.66. The number of rotatable bonds is 4. The van der Waals surface area contributed by atoms with E-state index in [1.54, 1.807) is 20.8 Å². The Bertz CT molecular complexity index is 809. The molecule has 1 unspecified atom stereocenters. The summed E-state index contributed by atoms with van der Waals surface area (Å²) in [4.78, 5) is 38.8. The number of cyclic esters (lactones) is 1. The van der Waals surface area contributed by atoms with Crippen LogP contribution in [0.4, 0.5) is 18.4 Å². The molecule has 164 valence electrons. The third-order valence-electron chi connectivity index (χ3n) is 5.06. The smallest absolute Gasteiger partial charge is 0.416 e. The highest BCUT2D eigenvalue weighted by Crippen LogP contribution is 2.37. The maximum absolute atomic E-state index is 14.5. The van der Waals surface area contributed by atoms with Crippen molar-refractivity contribution in [2.45, 2.75) is 51.2 Å². The summed E-state index contributed by atoms with van der Waals surface area (Å²) in [5.41, 5.74) is 0.0884. The van der Waals surface area contributed by atoms with Gasteiger partial charge >= 0.3 is 12.2 Å². The van der Waals surface area contributed by atoms with E-state index in [1.807, 2.05) is 30.3 Å². The Morgan fingerprint density at radius 2 is 1.90 bits per heavy atom. The lowest BCUT2D eigenvalue weighted by molar-refractivity contribution is -0.133. The molecule has 2 fully saturated rings. The first kappa shape index (κ1) is 22.0. The monoisotopic (exact) mass is 424 g/mol. The predicted molar refractivity (Wildman–Crippen MR) is 103 cm³/mol. The lowest BCUT2D eigenvalue weighted by atomic mass is 9.99. The van der Waals surface area contributed by atoms with Gasteiger partial charge in [0.05, 0.1) is 18.5 Å². The van der Waals surface area contributed by atoms with Crippen LogP contribution >= 0.6 is 0 Å². The summed E-state index contributed by atoms with van der Waals surface area (Å²) >= 11 is 0. The zero-order valence-corrected chi connectivity index (χ0v) is 17.3. The molecule has 0 N–H and O–H groups in total. The summed E-state index contributed by atoms with van der Waals surface area (Å²) in [7, 11) is 0. The van der Waals surface area contributed by atoms with Crippen LogP contribution in [0, 0.1) is 5.92 Å². The van der Waals surface area contributed by atoms with Gasteiger partial charge in [-0.05, 0) is 32.8 Å². The Morgan fingerprint density at radius 3 is 2.53 bits per heavy atom. The van der Waals surface area contributed by atoms with Gasteiger partial charge in [0.25, 0.3) is 5.92 Å². The summed E-state index contributed by atoms with van der Waals surface area (Å²) in [5.74, 6) is -5.39. The molecule has 0 aromatic heterocycles. The van der Waals surface area contributed by atoms with Crippen LogP contribution in [0.15, 0.2) is 30.3 Å². The van der Waals surface area contributed by atoms with Crippen LogP contribution in [0.5, 0.6) is 0 Å². The van der Waals surface area contributed by atoms with E-state index >= 15 is 0 Å². The molecule has 1 aromatic carbocycles. The quantitative estimate of drug-likeness (QED) is 0.740. The van der Waals surface area contributed by atoms with Gasteiger partial charge in [0.15, 0.2) is 0 Å². The first-order valence-electron chi connectivity index (χ1n) is 9.85. The Kier molecular flexibility index (Phi) is 6.01. The van der Waals surface area contributed by atoms with Gasteiger partial charge in [-0.3, -0.25) is 4.79 Å². The van der Waals surface area contributed by atoms with Gasteiger partial charge in [-0.1, -0.05) is 30.3 Å². The molecule has 2 aliphatic rings. The van der Waals surface area contributed by atoms with Gasteiger partial charge in [0, 0.05) is 13.0 Å². The minimum atomic E-state index is -3.26. The second kappa shape index (κ2) is 8.20. The molecule has 2 heterocycles. The number of hydrogen-bond donors (Lipinski definition) is 0. The fraction of sp³-hybridized carbons (Fsp3) is 0.571. The fourth-order valence-electron chi connectivity index (χ4n) is 3.64. The number of alkyl halides is 2. The first-order chi connectivity index (χ1) is 14.0. The number of benzene rings is 1. The lowest BCUT2D eigenvalue weighted by Gasteiger charge is -2.24. The first-order valence-corrected chi connectivity index (χ1v) is 9.85. The molecule has 1 aromatic rings. The van der Waals surface area contributed by atoms with Crippen molar-refractivity contribution in [3.63, 3.8) is 0 Å². The van der Waals surface area contributed by atoms with E-state index in [9.17, 15) is 23.2 Å². The maximum atomic E-state index is 14.5. The van der Waals surface area contributed by atoms with Crippen molar-refractivity contribution in [3.05, 3.63) is 35.9 Å². The molecule has 2 saturated heterocycles. The van der Waals surface area contributed by atoms with Crippen LogP contribution < -0.4 is 0 Å². The highest BCUT2D eigenvalue weighted by molar-refractivity contribution is 5.93. The van der Waals surface area contributed by atoms with E-state index in [0.717, 1.165) is 15.4 Å². The third-order valence-corrected chi connectivity index (χ3v) is 5.06. The number of imide groups is 1. The van der Waals surface area contributed by atoms with Gasteiger partial charge in [-0.2, -0.15) is 0 Å². The predicted octanol–water partition coefficient (Wildman–Crippen LogP) is 3.47. The number of amides is 3. The van der Waals surface area contributed by atoms with E-state index in [4.69, 9.17) is 9.47 Å². The maximum Gasteiger partial charge on any atom is 0.416 e. The molecule has 0 aliphatic carbocycles. The fourth-order valence-corrected chi connectivity index (χ4v) is 3.64. The minimum absolute atomic E-state index is 0.0184. The zero-order valence-electron chi connectivity index (χ0n) is 17.3. The summed E-state index contributed by atoms with van der Waals surface area (Å²) in [6, 6.07) is 8.68. The van der Waals surface area contributed by atoms with Gasteiger partial charge in [0.1, 0.15) is 12.2 Å². The van der Waals surface area contributed by atoms with Crippen LogP contribution in [0.25, 0.3) is 0 Å². The van der Waals surface area contributed by atoms with Crippen molar-refractivity contribution in [1.82, 2.24) is 9.80 Å². The van der Waals surface area contributed by atoms with Crippen LogP contribution in [0.3, 0.4) is 0 Å². The number of carbonyl (C=O) groups excluding carboxylic acids is 3. The number of hydrogen-bond acceptors (Lipinski definition) is 5. The van der Waals surface area contributed by atoms with Crippen molar-refractivity contribution >= 4 is 18.1 Å². The third kappa shape index (κ3) is 5.06. The second-order valence-electron chi connectivity index (χ2n) is 8.71. The van der Waals surface area contributed by atoms with Crippen LogP contribution in [0.1, 0.15) is 32.8 Å². The van der Waals surface area contributed by atoms with Gasteiger partial charge in [0.2, 0.25) is 5.91 Å². The minimum Gasteiger partial charge on any atom is -0.447 e. The molecule has 7 nitrogen and oxygen atoms in total. The topological polar surface area (TPSA) is 76.2 Å². The van der Waals surface area contributed by atoms with Gasteiger partial charge < -0.3 is 14.4 Å². The van der Waals surface area contributed by atoms with E-state index in [2.05, 4.69) is 0 Å². The zero-order chi connectivity index (χ0) is 22.1. The summed E-state index contributed by atoms with van der Waals surface area (Å²) < 4.78 is 39.2. The molecule has 0 saturated carbocycles. The van der Waals surface area contributed by atoms with E-state index in [-0.39, 0.29) is 13.2 Å². The van der Waals surface area contributed by atoms with Crippen molar-refractivity contribution in [1.29, 1.82) is 0 Å². The summed E-state index contributed by atoms with van der Waals surface area (Å²) in [6.45, 7) is 3.81. The van der Waals surface area contributed by atoms with Crippen molar-refractivity contribution in [2.24, 2.45) is 5.92 Å². The molecule has 2 atom stereocenters. The molecule has 9 heteroatoms. The Morgan fingerprint density at radius 1 is 1.23 bits per heavy atom. The molecule has 3 rings (SSSR count). The Hall–Kier alpha value is -2.71. The van der Waals surface area contributed by atoms with Gasteiger partial charge in [-0.25, -0.2) is 23.3 Å². The molecule has 30 heavy (non-hydrogen) atoms. The van der Waals surface area contributed by atoms with Crippen molar-refractivity contribution in [2.75, 3.05) is 19.7 Å². The number of ether oxygens (including phenoxy) is 2. The second-order valence-corrected chi connectivity index (χ2v) is 8.71. The number of halogens is 2. The standard InChI is InChI=1S/C21H26F2N2O5/c1-20(2,3)30-18(27)24-11-15(21(22,23)13-24)10-17(26)25-16(12-29-19(25)28)9-14-7-5-4-6-8-14/h4-8,15-16H,9-13H2,1-3H3/t15?,16-/m0/s1. The van der Waals surface area contributed by atoms with Crippen molar-refractivity contribution in [3.8, 4) is 0 Å². The lowest BCUT2D eigenvalue weighted by Crippen LogP contribution is -2.42. The normalized spacial score (nSPS) is 23.4. The summed E-state index contributed by atoms with van der Waals surface area (Å²) in [5, 5.41) is 0. The largest absolute Gasteiger partial charge is 0.447 e. The molecular formula is C21H26F2N2O5. The number of carbonyl (C=O) groups is 3. The average Bonchev–Trinajstić information content (AvgIpc) is 3.14. The van der Waals surface area contributed by atoms with E-state index in [1.165, 1.54) is 0 Å². The van der Waals surface area contributed by atoms with E-state index in [0.29, 0.717) is 6.42 Å². The van der Waals surface area contributed by atoms with Crippen LogP contribution in [-0.4, -0.2) is 65.2 Å². The Labute approximate surface area is 173 Å². The molecule has 3 amide bonds. The van der Waals surface area contributed by atoms with Gasteiger partial charge in [-0.15, -0.1) is 0 Å². The molecule has 2 aliphatic heterocycles. The highest BCUT2D eigenvalue weighted by atomic mass is 19.3. The average molecular weight is 424 g/mol. The highest BCUT2D eigenvalue weighted by Gasteiger charge is 2.52. The molecule has 0 bridgehead atoms. The van der Waals surface area contributed by atoms with Crippen molar-refractivity contribution < 1.29 is 32.6 Å². The SMILES string of the molecule is CC(C)(C)OC(=O)N1CC(CC(=O)N2C(=O)OC[C@@H]2Cc2ccccc2)C(F)(F)C1. The van der Waals surface area contributed by atoms with Crippen LogP contribution in [0.2, 0.25) is 0 Å². The van der Waals surface area contributed by atoms with Crippen LogP contribution in [-0.2, 0) is 20.7 Å². The molecule has 0 radical (unpaired) electrons. The molecular weight excluding hydrogens is 398 g/mol. The van der Waals surface area contributed by atoms with E-state index < -0.39 is 54.5 Å². The summed E-state index contributed by atoms with van der Waals surface area (Å²) in [6.07, 6.45) is -1.86.